The SMILES string of the molecule is COC(=O)C1=C(C(=O)OC)N(c2ccc(S(=O)(=O)Nc3ccccc3OC)cc2)COC1. The number of anilines is 2. The van der Waals surface area contributed by atoms with Crippen LogP contribution in [0.5, 0.6) is 5.75 Å². The monoisotopic (exact) mass is 462 g/mol. The molecule has 0 aromatic heterocycles. The Hall–Kier alpha value is -3.57. The van der Waals surface area contributed by atoms with Gasteiger partial charge in [-0.3, -0.25) is 4.72 Å². The highest BCUT2D eigenvalue weighted by molar-refractivity contribution is 7.92. The average molecular weight is 462 g/mol. The molecule has 2 aromatic carbocycles. The Kier molecular flexibility index (Phi) is 7.01. The van der Waals surface area contributed by atoms with Crippen LogP contribution in [0.25, 0.3) is 0 Å². The number of carbonyl (C=O) groups is 2. The van der Waals surface area contributed by atoms with Crippen molar-refractivity contribution in [1.29, 1.82) is 0 Å². The van der Waals surface area contributed by atoms with Crippen molar-refractivity contribution < 1.29 is 37.0 Å². The van der Waals surface area contributed by atoms with E-state index in [1.54, 1.807) is 24.3 Å². The lowest BCUT2D eigenvalue weighted by Gasteiger charge is -2.31. The molecule has 32 heavy (non-hydrogen) atoms. The van der Waals surface area contributed by atoms with E-state index in [1.165, 1.54) is 50.5 Å². The molecule has 0 fully saturated rings. The minimum atomic E-state index is -3.91. The molecule has 0 amide bonds. The van der Waals surface area contributed by atoms with Gasteiger partial charge in [0, 0.05) is 5.69 Å². The van der Waals surface area contributed by atoms with Crippen molar-refractivity contribution in [3.05, 3.63) is 59.8 Å². The predicted octanol–water partition coefficient (Wildman–Crippen LogP) is 1.89. The van der Waals surface area contributed by atoms with Crippen LogP contribution in [0.2, 0.25) is 0 Å². The second kappa shape index (κ2) is 9.71. The first-order valence-electron chi connectivity index (χ1n) is 9.33. The molecule has 11 heteroatoms. The van der Waals surface area contributed by atoms with Crippen molar-refractivity contribution in [2.45, 2.75) is 4.90 Å². The number of hydrogen-bond donors (Lipinski definition) is 1. The van der Waals surface area contributed by atoms with Crippen LogP contribution in [0.3, 0.4) is 0 Å². The summed E-state index contributed by atoms with van der Waals surface area (Å²) >= 11 is 0. The van der Waals surface area contributed by atoms with Gasteiger partial charge in [0.1, 0.15) is 18.2 Å². The van der Waals surface area contributed by atoms with E-state index in [4.69, 9.17) is 18.9 Å². The molecular weight excluding hydrogens is 440 g/mol. The Morgan fingerprint density at radius 1 is 0.969 bits per heavy atom. The van der Waals surface area contributed by atoms with E-state index >= 15 is 0 Å². The fraction of sp³-hybridized carbons (Fsp3) is 0.238. The summed E-state index contributed by atoms with van der Waals surface area (Å²) in [6.07, 6.45) is 0. The number of nitrogens with zero attached hydrogens (tertiary/aromatic N) is 1. The molecule has 10 nitrogen and oxygen atoms in total. The van der Waals surface area contributed by atoms with E-state index in [1.807, 2.05) is 0 Å². The molecule has 0 saturated carbocycles. The van der Waals surface area contributed by atoms with Crippen molar-refractivity contribution in [2.24, 2.45) is 0 Å². The summed E-state index contributed by atoms with van der Waals surface area (Å²) in [5.74, 6) is -1.10. The summed E-state index contributed by atoms with van der Waals surface area (Å²) in [6.45, 7) is -0.167. The van der Waals surface area contributed by atoms with Crippen molar-refractivity contribution in [2.75, 3.05) is 44.3 Å². The molecule has 2 aromatic rings. The lowest BCUT2D eigenvalue weighted by molar-refractivity contribution is -0.140. The molecule has 0 aliphatic carbocycles. The van der Waals surface area contributed by atoms with E-state index in [-0.39, 0.29) is 29.5 Å². The Morgan fingerprint density at radius 3 is 2.25 bits per heavy atom. The fourth-order valence-electron chi connectivity index (χ4n) is 3.09. The van der Waals surface area contributed by atoms with Gasteiger partial charge < -0.3 is 23.8 Å². The summed E-state index contributed by atoms with van der Waals surface area (Å²) in [7, 11) is -0.0880. The van der Waals surface area contributed by atoms with Crippen LogP contribution >= 0.6 is 0 Å². The number of para-hydroxylation sites is 2. The fourth-order valence-corrected chi connectivity index (χ4v) is 4.16. The number of methoxy groups -OCH3 is 3. The zero-order valence-corrected chi connectivity index (χ0v) is 18.5. The highest BCUT2D eigenvalue weighted by Gasteiger charge is 2.32. The number of carbonyl (C=O) groups excluding carboxylic acids is 2. The molecule has 1 aliphatic rings. The standard InChI is InChI=1S/C21H22N2O8S/c1-28-18-7-5-4-6-17(18)22-32(26,27)15-10-8-14(9-11-15)23-13-31-12-16(20(24)29-2)19(23)21(25)30-3/h4-11,22H,12-13H2,1-3H3. The first-order valence-corrected chi connectivity index (χ1v) is 10.8. The minimum absolute atomic E-state index is 0.000127. The van der Waals surface area contributed by atoms with Crippen LogP contribution in [-0.2, 0) is 33.8 Å². The van der Waals surface area contributed by atoms with E-state index in [0.717, 1.165) is 0 Å². The van der Waals surface area contributed by atoms with Gasteiger partial charge in [0.05, 0.1) is 44.1 Å². The molecule has 3 rings (SSSR count). The lowest BCUT2D eigenvalue weighted by Crippen LogP contribution is -2.38. The zero-order valence-electron chi connectivity index (χ0n) is 17.7. The normalized spacial score (nSPS) is 14.0. The highest BCUT2D eigenvalue weighted by atomic mass is 32.2. The zero-order chi connectivity index (χ0) is 23.3. The predicted molar refractivity (Wildman–Crippen MR) is 115 cm³/mol. The Labute approximate surface area is 185 Å². The summed E-state index contributed by atoms with van der Waals surface area (Å²) in [5, 5.41) is 0. The van der Waals surface area contributed by atoms with Crippen molar-refractivity contribution in [1.82, 2.24) is 0 Å². The second-order valence-corrected chi connectivity index (χ2v) is 8.20. The number of sulfonamides is 1. The van der Waals surface area contributed by atoms with E-state index in [9.17, 15) is 18.0 Å². The van der Waals surface area contributed by atoms with Gasteiger partial charge in [0.25, 0.3) is 10.0 Å². The maximum Gasteiger partial charge on any atom is 0.355 e. The number of rotatable bonds is 7. The van der Waals surface area contributed by atoms with E-state index < -0.39 is 22.0 Å². The highest BCUT2D eigenvalue weighted by Crippen LogP contribution is 2.29. The first kappa shape index (κ1) is 23.1. The lowest BCUT2D eigenvalue weighted by atomic mass is 10.1. The number of hydrogen-bond acceptors (Lipinski definition) is 9. The molecule has 0 saturated heterocycles. The van der Waals surface area contributed by atoms with Crippen LogP contribution in [0.15, 0.2) is 64.7 Å². The van der Waals surface area contributed by atoms with Crippen molar-refractivity contribution >= 4 is 33.3 Å². The summed E-state index contributed by atoms with van der Waals surface area (Å²) in [6, 6.07) is 12.3. The van der Waals surface area contributed by atoms with Gasteiger partial charge in [-0.1, -0.05) is 12.1 Å². The van der Waals surface area contributed by atoms with Crippen LogP contribution in [0.1, 0.15) is 0 Å². The Bertz CT molecular complexity index is 1140. The Balaban J connectivity index is 1.93. The molecule has 0 radical (unpaired) electrons. The molecule has 0 unspecified atom stereocenters. The van der Waals surface area contributed by atoms with E-state index in [0.29, 0.717) is 17.1 Å². The maximum absolute atomic E-state index is 12.8. The van der Waals surface area contributed by atoms with Crippen LogP contribution in [0, 0.1) is 0 Å². The van der Waals surface area contributed by atoms with Gasteiger partial charge in [-0.25, -0.2) is 18.0 Å². The molecule has 1 heterocycles. The topological polar surface area (TPSA) is 120 Å². The van der Waals surface area contributed by atoms with Crippen LogP contribution in [-0.4, -0.2) is 55.0 Å². The molecule has 0 atom stereocenters. The van der Waals surface area contributed by atoms with Gasteiger partial charge in [-0.05, 0) is 36.4 Å². The van der Waals surface area contributed by atoms with Gasteiger partial charge in [-0.2, -0.15) is 0 Å². The number of esters is 2. The van der Waals surface area contributed by atoms with Gasteiger partial charge >= 0.3 is 11.9 Å². The smallest absolute Gasteiger partial charge is 0.355 e. The quantitative estimate of drug-likeness (QED) is 0.615. The molecule has 0 spiro atoms. The third-order valence-electron chi connectivity index (χ3n) is 4.64. The summed E-state index contributed by atoms with van der Waals surface area (Å²) < 4.78 is 48.2. The second-order valence-electron chi connectivity index (χ2n) is 6.52. The largest absolute Gasteiger partial charge is 0.495 e. The van der Waals surface area contributed by atoms with Gasteiger partial charge in [0.2, 0.25) is 0 Å². The number of nitrogens with one attached hydrogen (secondary N) is 1. The van der Waals surface area contributed by atoms with Crippen LogP contribution < -0.4 is 14.4 Å². The number of ether oxygens (including phenoxy) is 4. The molecule has 170 valence electrons. The molecule has 1 aliphatic heterocycles. The third kappa shape index (κ3) is 4.68. The summed E-state index contributed by atoms with van der Waals surface area (Å²) in [4.78, 5) is 25.9. The summed E-state index contributed by atoms with van der Waals surface area (Å²) in [5.41, 5.74) is 0.679. The number of benzene rings is 2. The molecule has 1 N–H and O–H groups in total. The maximum atomic E-state index is 12.8. The van der Waals surface area contributed by atoms with Crippen molar-refractivity contribution in [3.63, 3.8) is 0 Å². The van der Waals surface area contributed by atoms with Gasteiger partial charge in [-0.15, -0.1) is 0 Å². The van der Waals surface area contributed by atoms with E-state index in [2.05, 4.69) is 4.72 Å². The van der Waals surface area contributed by atoms with Gasteiger partial charge in [0.15, 0.2) is 0 Å². The average Bonchev–Trinajstić information content (AvgIpc) is 2.82. The Morgan fingerprint density at radius 2 is 1.62 bits per heavy atom. The van der Waals surface area contributed by atoms with Crippen LogP contribution in [0.4, 0.5) is 11.4 Å². The minimum Gasteiger partial charge on any atom is -0.495 e. The van der Waals surface area contributed by atoms with Crippen molar-refractivity contribution in [3.8, 4) is 5.75 Å². The molecule has 0 bridgehead atoms. The first-order chi connectivity index (χ1) is 15.3. The molecular formula is C21H22N2O8S. The third-order valence-corrected chi connectivity index (χ3v) is 6.02.